The largest absolute Gasteiger partial charge is 0.330 e. The highest BCUT2D eigenvalue weighted by Crippen LogP contribution is 2.55. The standard InChI is InChI=1S/C16H24N4O2/c1-16-10-19(2)9-13(16)15(12(16)7-17)18-8-11-5-3-4-6-14(11)20(21)22/h3-6,12-13,15,18H,7-10,17H2,1-2H3. The van der Waals surface area contributed by atoms with Gasteiger partial charge in [-0.05, 0) is 30.8 Å². The number of nitro groups is 1. The van der Waals surface area contributed by atoms with E-state index in [1.807, 2.05) is 12.1 Å². The van der Waals surface area contributed by atoms with Crippen LogP contribution in [0.1, 0.15) is 12.5 Å². The molecule has 0 bridgehead atoms. The fraction of sp³-hybridized carbons (Fsp3) is 0.625. The van der Waals surface area contributed by atoms with Gasteiger partial charge >= 0.3 is 0 Å². The van der Waals surface area contributed by atoms with Gasteiger partial charge in [0.05, 0.1) is 4.92 Å². The van der Waals surface area contributed by atoms with E-state index in [1.54, 1.807) is 12.1 Å². The van der Waals surface area contributed by atoms with Gasteiger partial charge in [0, 0.05) is 37.3 Å². The summed E-state index contributed by atoms with van der Waals surface area (Å²) in [7, 11) is 2.15. The Hall–Kier alpha value is -1.50. The summed E-state index contributed by atoms with van der Waals surface area (Å²) in [6.07, 6.45) is 0. The molecule has 1 aromatic carbocycles. The number of nitrogens with zero attached hydrogens (tertiary/aromatic N) is 2. The van der Waals surface area contributed by atoms with E-state index >= 15 is 0 Å². The quantitative estimate of drug-likeness (QED) is 0.631. The van der Waals surface area contributed by atoms with Crippen molar-refractivity contribution < 1.29 is 4.92 Å². The lowest BCUT2D eigenvalue weighted by Crippen LogP contribution is -2.66. The second-order valence-electron chi connectivity index (χ2n) is 6.94. The number of likely N-dealkylation sites (tertiary alicyclic amines) is 1. The topological polar surface area (TPSA) is 84.4 Å². The van der Waals surface area contributed by atoms with Gasteiger partial charge in [-0.2, -0.15) is 0 Å². The van der Waals surface area contributed by atoms with Crippen LogP contribution in [0.3, 0.4) is 0 Å². The minimum atomic E-state index is -0.314. The van der Waals surface area contributed by atoms with E-state index in [0.29, 0.717) is 31.0 Å². The third-order valence-electron chi connectivity index (χ3n) is 5.65. The van der Waals surface area contributed by atoms with Gasteiger partial charge in [-0.1, -0.05) is 25.1 Å². The maximum atomic E-state index is 11.1. The predicted octanol–water partition coefficient (Wildman–Crippen LogP) is 1.21. The summed E-state index contributed by atoms with van der Waals surface area (Å²) in [6, 6.07) is 7.28. The van der Waals surface area contributed by atoms with E-state index in [1.165, 1.54) is 0 Å². The van der Waals surface area contributed by atoms with Crippen LogP contribution in [0, 0.1) is 27.4 Å². The number of fused-ring (bicyclic) bond motifs is 1. The summed E-state index contributed by atoms with van der Waals surface area (Å²) >= 11 is 0. The van der Waals surface area contributed by atoms with Crippen LogP contribution in [0.2, 0.25) is 0 Å². The molecule has 0 amide bonds. The number of nitrogens with two attached hydrogens (primary N) is 1. The van der Waals surface area contributed by atoms with Crippen LogP contribution in [0.25, 0.3) is 0 Å². The Bertz CT molecular complexity index is 571. The molecule has 3 N–H and O–H groups in total. The van der Waals surface area contributed by atoms with Crippen molar-refractivity contribution in [2.75, 3.05) is 26.7 Å². The molecular formula is C16H24N4O2. The van der Waals surface area contributed by atoms with E-state index in [2.05, 4.69) is 24.2 Å². The highest BCUT2D eigenvalue weighted by atomic mass is 16.6. The molecule has 1 aliphatic carbocycles. The van der Waals surface area contributed by atoms with E-state index in [-0.39, 0.29) is 16.0 Å². The van der Waals surface area contributed by atoms with Crippen LogP contribution in [0.15, 0.2) is 24.3 Å². The number of rotatable bonds is 5. The van der Waals surface area contributed by atoms with Gasteiger partial charge in [0.2, 0.25) is 0 Å². The Kier molecular flexibility index (Phi) is 3.92. The van der Waals surface area contributed by atoms with Crippen molar-refractivity contribution in [3.05, 3.63) is 39.9 Å². The van der Waals surface area contributed by atoms with Crippen LogP contribution in [0.5, 0.6) is 0 Å². The second-order valence-corrected chi connectivity index (χ2v) is 6.94. The molecule has 2 fully saturated rings. The minimum absolute atomic E-state index is 0.185. The minimum Gasteiger partial charge on any atom is -0.330 e. The van der Waals surface area contributed by atoms with Crippen molar-refractivity contribution in [3.63, 3.8) is 0 Å². The molecule has 3 rings (SSSR count). The van der Waals surface area contributed by atoms with Gasteiger partial charge < -0.3 is 16.0 Å². The number of hydrogen-bond donors (Lipinski definition) is 2. The Morgan fingerprint density at radius 3 is 2.91 bits per heavy atom. The maximum absolute atomic E-state index is 11.1. The molecule has 4 unspecified atom stereocenters. The number of nitrogens with one attached hydrogen (secondary N) is 1. The molecule has 2 aliphatic rings. The first-order valence-electron chi connectivity index (χ1n) is 7.81. The normalized spacial score (nSPS) is 34.2. The molecule has 1 aliphatic heterocycles. The molecule has 1 saturated heterocycles. The van der Waals surface area contributed by atoms with Crippen molar-refractivity contribution in [2.24, 2.45) is 23.0 Å². The molecule has 22 heavy (non-hydrogen) atoms. The van der Waals surface area contributed by atoms with Crippen LogP contribution >= 0.6 is 0 Å². The molecule has 1 saturated carbocycles. The van der Waals surface area contributed by atoms with Crippen LogP contribution < -0.4 is 11.1 Å². The summed E-state index contributed by atoms with van der Waals surface area (Å²) in [5, 5.41) is 14.6. The summed E-state index contributed by atoms with van der Waals surface area (Å²) < 4.78 is 0. The zero-order valence-corrected chi connectivity index (χ0v) is 13.2. The monoisotopic (exact) mass is 304 g/mol. The van der Waals surface area contributed by atoms with Crippen molar-refractivity contribution in [1.29, 1.82) is 0 Å². The third kappa shape index (κ3) is 2.31. The SMILES string of the molecule is CN1CC2C(NCc3ccccc3[N+](=O)[O-])C(CN)C2(C)C1. The molecule has 4 atom stereocenters. The average Bonchev–Trinajstić information content (AvgIpc) is 2.73. The Morgan fingerprint density at radius 2 is 2.23 bits per heavy atom. The molecule has 6 nitrogen and oxygen atoms in total. The van der Waals surface area contributed by atoms with Crippen molar-refractivity contribution in [2.45, 2.75) is 19.5 Å². The van der Waals surface area contributed by atoms with Gasteiger partial charge in [0.1, 0.15) is 0 Å². The highest BCUT2D eigenvalue weighted by Gasteiger charge is 2.61. The van der Waals surface area contributed by atoms with Crippen molar-refractivity contribution >= 4 is 5.69 Å². The highest BCUT2D eigenvalue weighted by molar-refractivity contribution is 5.39. The first-order valence-corrected chi connectivity index (χ1v) is 7.81. The van der Waals surface area contributed by atoms with Crippen LogP contribution in [0.4, 0.5) is 5.69 Å². The summed E-state index contributed by atoms with van der Waals surface area (Å²) in [6.45, 7) is 5.66. The Morgan fingerprint density at radius 1 is 1.50 bits per heavy atom. The smallest absolute Gasteiger partial charge is 0.273 e. The van der Waals surface area contributed by atoms with E-state index in [4.69, 9.17) is 5.73 Å². The fourth-order valence-corrected chi connectivity index (χ4v) is 4.56. The number of para-hydroxylation sites is 1. The van der Waals surface area contributed by atoms with Gasteiger partial charge in [0.25, 0.3) is 5.69 Å². The maximum Gasteiger partial charge on any atom is 0.273 e. The molecule has 0 aromatic heterocycles. The van der Waals surface area contributed by atoms with Gasteiger partial charge in [0.15, 0.2) is 0 Å². The molecule has 1 aromatic rings. The predicted molar refractivity (Wildman–Crippen MR) is 85.4 cm³/mol. The number of hydrogen-bond acceptors (Lipinski definition) is 5. The lowest BCUT2D eigenvalue weighted by molar-refractivity contribution is -0.385. The van der Waals surface area contributed by atoms with Gasteiger partial charge in [-0.25, -0.2) is 0 Å². The number of benzene rings is 1. The van der Waals surface area contributed by atoms with Crippen LogP contribution in [-0.4, -0.2) is 42.5 Å². The third-order valence-corrected chi connectivity index (χ3v) is 5.65. The summed E-state index contributed by atoms with van der Waals surface area (Å²) in [5.74, 6) is 1.01. The Balaban J connectivity index is 1.71. The second kappa shape index (κ2) is 5.61. The average molecular weight is 304 g/mol. The zero-order chi connectivity index (χ0) is 15.9. The fourth-order valence-electron chi connectivity index (χ4n) is 4.56. The summed E-state index contributed by atoms with van der Waals surface area (Å²) in [5.41, 5.74) is 7.20. The van der Waals surface area contributed by atoms with Gasteiger partial charge in [-0.15, -0.1) is 0 Å². The zero-order valence-electron chi connectivity index (χ0n) is 13.2. The first-order chi connectivity index (χ1) is 10.5. The summed E-state index contributed by atoms with van der Waals surface area (Å²) in [4.78, 5) is 13.1. The molecule has 1 heterocycles. The van der Waals surface area contributed by atoms with E-state index in [0.717, 1.165) is 18.7 Å². The molecule has 0 spiro atoms. The first kappa shape index (κ1) is 15.4. The van der Waals surface area contributed by atoms with E-state index < -0.39 is 0 Å². The lowest BCUT2D eigenvalue weighted by Gasteiger charge is -2.56. The Labute approximate surface area is 130 Å². The van der Waals surface area contributed by atoms with Crippen LogP contribution in [-0.2, 0) is 6.54 Å². The van der Waals surface area contributed by atoms with Crippen molar-refractivity contribution in [3.8, 4) is 0 Å². The van der Waals surface area contributed by atoms with Crippen molar-refractivity contribution in [1.82, 2.24) is 10.2 Å². The molecular weight excluding hydrogens is 280 g/mol. The van der Waals surface area contributed by atoms with E-state index in [9.17, 15) is 10.1 Å². The molecule has 120 valence electrons. The lowest BCUT2D eigenvalue weighted by atomic mass is 9.52. The van der Waals surface area contributed by atoms with Gasteiger partial charge in [-0.3, -0.25) is 10.1 Å². The molecule has 6 heteroatoms. The number of nitro benzene ring substituents is 1. The molecule has 0 radical (unpaired) electrons.